The van der Waals surface area contributed by atoms with E-state index >= 15 is 0 Å². The van der Waals surface area contributed by atoms with Gasteiger partial charge in [-0.05, 0) is 34.5 Å². The van der Waals surface area contributed by atoms with Crippen molar-refractivity contribution in [3.63, 3.8) is 0 Å². The summed E-state index contributed by atoms with van der Waals surface area (Å²) in [5.41, 5.74) is 2.51. The molecule has 0 saturated heterocycles. The normalized spacial score (nSPS) is 14.8. The Morgan fingerprint density at radius 3 is 3.08 bits per heavy atom. The summed E-state index contributed by atoms with van der Waals surface area (Å²) in [6, 6.07) is 2.01. The quantitative estimate of drug-likeness (QED) is 0.752. The molecule has 1 aliphatic carbocycles. The minimum absolute atomic E-state index is 0.699. The third-order valence-electron chi connectivity index (χ3n) is 2.15. The summed E-state index contributed by atoms with van der Waals surface area (Å²) in [6.45, 7) is 0. The van der Waals surface area contributed by atoms with E-state index in [0.717, 1.165) is 12.8 Å². The van der Waals surface area contributed by atoms with Crippen molar-refractivity contribution in [2.75, 3.05) is 7.11 Å². The van der Waals surface area contributed by atoms with Gasteiger partial charge in [0.2, 0.25) is 5.88 Å². The molecular weight excluding hydrogens is 230 g/mol. The van der Waals surface area contributed by atoms with Crippen molar-refractivity contribution in [3.8, 4) is 5.88 Å². The van der Waals surface area contributed by atoms with Crippen LogP contribution < -0.4 is 4.74 Å². The Balaban J connectivity index is 2.43. The number of aromatic nitrogens is 1. The Morgan fingerprint density at radius 1 is 1.46 bits per heavy atom. The van der Waals surface area contributed by atoms with E-state index in [-0.39, 0.29) is 0 Å². The molecule has 0 N–H and O–H groups in total. The molecular formula is C10H10BrNO. The molecule has 0 saturated carbocycles. The van der Waals surface area contributed by atoms with E-state index < -0.39 is 0 Å². The maximum Gasteiger partial charge on any atom is 0.213 e. The molecule has 0 radical (unpaired) electrons. The highest BCUT2D eigenvalue weighted by molar-refractivity contribution is 9.11. The van der Waals surface area contributed by atoms with Crippen LogP contribution in [0.3, 0.4) is 0 Å². The number of nitrogens with zero attached hydrogens (tertiary/aromatic N) is 1. The van der Waals surface area contributed by atoms with E-state index in [1.165, 1.54) is 15.6 Å². The maximum atomic E-state index is 5.06. The topological polar surface area (TPSA) is 22.1 Å². The van der Waals surface area contributed by atoms with Gasteiger partial charge in [-0.3, -0.25) is 0 Å². The molecule has 3 heteroatoms. The molecule has 68 valence electrons. The van der Waals surface area contributed by atoms with Crippen LogP contribution in [-0.2, 0) is 6.42 Å². The Morgan fingerprint density at radius 2 is 2.31 bits per heavy atom. The van der Waals surface area contributed by atoms with Gasteiger partial charge in [0.05, 0.1) is 7.11 Å². The molecule has 0 spiro atoms. The number of methoxy groups -OCH3 is 1. The van der Waals surface area contributed by atoms with E-state index in [4.69, 9.17) is 4.74 Å². The van der Waals surface area contributed by atoms with Crippen LogP contribution in [0.5, 0.6) is 5.88 Å². The fourth-order valence-corrected chi connectivity index (χ4v) is 1.88. The van der Waals surface area contributed by atoms with Crippen molar-refractivity contribution in [1.29, 1.82) is 0 Å². The minimum Gasteiger partial charge on any atom is -0.481 e. The van der Waals surface area contributed by atoms with Crippen molar-refractivity contribution in [1.82, 2.24) is 4.98 Å². The summed E-state index contributed by atoms with van der Waals surface area (Å²) in [5.74, 6) is 0.699. The number of aryl methyl sites for hydroxylation is 1. The molecule has 1 aliphatic rings. The van der Waals surface area contributed by atoms with Gasteiger partial charge in [-0.25, -0.2) is 4.98 Å². The smallest absolute Gasteiger partial charge is 0.213 e. The molecule has 0 aromatic carbocycles. The van der Waals surface area contributed by atoms with Gasteiger partial charge in [0, 0.05) is 12.3 Å². The molecule has 0 aliphatic heterocycles. The second kappa shape index (κ2) is 3.50. The number of pyridine rings is 1. The lowest BCUT2D eigenvalue weighted by Gasteiger charge is -2.12. The lowest BCUT2D eigenvalue weighted by Crippen LogP contribution is -1.98. The molecule has 0 unspecified atom stereocenters. The summed E-state index contributed by atoms with van der Waals surface area (Å²) < 4.78 is 6.31. The highest BCUT2D eigenvalue weighted by Gasteiger charge is 2.09. The number of hydrogen-bond acceptors (Lipinski definition) is 2. The zero-order valence-corrected chi connectivity index (χ0v) is 8.97. The number of fused-ring (bicyclic) bond motifs is 1. The van der Waals surface area contributed by atoms with E-state index in [1.54, 1.807) is 7.11 Å². The summed E-state index contributed by atoms with van der Waals surface area (Å²) in [5, 5.41) is 0. The maximum absolute atomic E-state index is 5.06. The average molecular weight is 240 g/mol. The van der Waals surface area contributed by atoms with E-state index in [9.17, 15) is 0 Å². The molecule has 0 fully saturated rings. The minimum atomic E-state index is 0.699. The van der Waals surface area contributed by atoms with Crippen molar-refractivity contribution in [2.24, 2.45) is 0 Å². The van der Waals surface area contributed by atoms with E-state index in [0.29, 0.717) is 5.88 Å². The lowest BCUT2D eigenvalue weighted by atomic mass is 10.00. The zero-order chi connectivity index (χ0) is 9.26. The van der Waals surface area contributed by atoms with Crippen LogP contribution in [0, 0.1) is 0 Å². The molecule has 1 heterocycles. The van der Waals surface area contributed by atoms with Gasteiger partial charge in [0.15, 0.2) is 0 Å². The third-order valence-corrected chi connectivity index (χ3v) is 2.78. The number of rotatable bonds is 1. The van der Waals surface area contributed by atoms with Gasteiger partial charge in [-0.2, -0.15) is 0 Å². The summed E-state index contributed by atoms with van der Waals surface area (Å²) in [6.07, 6.45) is 6.10. The van der Waals surface area contributed by atoms with Gasteiger partial charge < -0.3 is 4.74 Å². The van der Waals surface area contributed by atoms with Gasteiger partial charge in [0.25, 0.3) is 0 Å². The standard InChI is InChI=1S/C10H10BrNO/c1-13-10-5-7-2-3-9(11)4-8(7)6-12-10/h4-6H,2-3H2,1H3. The summed E-state index contributed by atoms with van der Waals surface area (Å²) in [7, 11) is 1.64. The lowest BCUT2D eigenvalue weighted by molar-refractivity contribution is 0.397. The Hall–Kier alpha value is -0.830. The molecule has 13 heavy (non-hydrogen) atoms. The monoisotopic (exact) mass is 239 g/mol. The fraction of sp³-hybridized carbons (Fsp3) is 0.300. The average Bonchev–Trinajstić information content (AvgIpc) is 2.17. The molecule has 0 atom stereocenters. The number of ether oxygens (including phenoxy) is 1. The van der Waals surface area contributed by atoms with Gasteiger partial charge in [-0.1, -0.05) is 15.9 Å². The van der Waals surface area contributed by atoms with Gasteiger partial charge >= 0.3 is 0 Å². The largest absolute Gasteiger partial charge is 0.481 e. The van der Waals surface area contributed by atoms with Crippen LogP contribution in [0.1, 0.15) is 17.5 Å². The van der Waals surface area contributed by atoms with E-state index in [1.807, 2.05) is 12.3 Å². The van der Waals surface area contributed by atoms with Crippen molar-refractivity contribution in [3.05, 3.63) is 27.9 Å². The first-order valence-electron chi connectivity index (χ1n) is 4.18. The SMILES string of the molecule is COc1cc2c(cn1)C=C(Br)CC2. The predicted molar refractivity (Wildman–Crippen MR) is 56.0 cm³/mol. The number of halogens is 1. The Labute approximate surface area is 85.8 Å². The molecule has 1 aromatic heterocycles. The Kier molecular flexibility index (Phi) is 2.36. The second-order valence-corrected chi connectivity index (χ2v) is 4.04. The van der Waals surface area contributed by atoms with Crippen molar-refractivity contribution < 1.29 is 4.74 Å². The molecule has 0 bridgehead atoms. The van der Waals surface area contributed by atoms with Crippen LogP contribution in [0.4, 0.5) is 0 Å². The predicted octanol–water partition coefficient (Wildman–Crippen LogP) is 2.77. The fourth-order valence-electron chi connectivity index (χ4n) is 1.44. The van der Waals surface area contributed by atoms with Gasteiger partial charge in [0.1, 0.15) is 0 Å². The van der Waals surface area contributed by atoms with Crippen LogP contribution in [0.25, 0.3) is 6.08 Å². The zero-order valence-electron chi connectivity index (χ0n) is 7.38. The Bertz CT molecular complexity index is 360. The third kappa shape index (κ3) is 1.75. The number of hydrogen-bond donors (Lipinski definition) is 0. The second-order valence-electron chi connectivity index (χ2n) is 3.02. The first-order chi connectivity index (χ1) is 6.29. The highest BCUT2D eigenvalue weighted by Crippen LogP contribution is 2.28. The van der Waals surface area contributed by atoms with Crippen LogP contribution in [0.2, 0.25) is 0 Å². The van der Waals surface area contributed by atoms with Gasteiger partial charge in [-0.15, -0.1) is 0 Å². The molecule has 0 amide bonds. The van der Waals surface area contributed by atoms with Crippen LogP contribution >= 0.6 is 15.9 Å². The first-order valence-corrected chi connectivity index (χ1v) is 4.98. The summed E-state index contributed by atoms with van der Waals surface area (Å²) >= 11 is 3.50. The summed E-state index contributed by atoms with van der Waals surface area (Å²) in [4.78, 5) is 4.16. The van der Waals surface area contributed by atoms with Crippen molar-refractivity contribution in [2.45, 2.75) is 12.8 Å². The molecule has 1 aromatic rings. The molecule has 2 nitrogen and oxygen atoms in total. The number of allylic oxidation sites excluding steroid dienone is 1. The van der Waals surface area contributed by atoms with Crippen LogP contribution in [-0.4, -0.2) is 12.1 Å². The van der Waals surface area contributed by atoms with Crippen LogP contribution in [0.15, 0.2) is 16.7 Å². The first kappa shape index (κ1) is 8.75. The molecule has 2 rings (SSSR count). The van der Waals surface area contributed by atoms with E-state index in [2.05, 4.69) is 27.0 Å². The highest BCUT2D eigenvalue weighted by atomic mass is 79.9. The van der Waals surface area contributed by atoms with Crippen molar-refractivity contribution >= 4 is 22.0 Å².